The minimum Gasteiger partial charge on any atom is -0.340 e. The standard InChI is InChI=1S/C15H18Br2N4.CH4/c1-9-11(16)12(17)10-3-2-6-21-14(10)13(9)19-15(21)20-7-4-18-5-8-20;/h18H,2-8H2,1H3;1H4. The highest BCUT2D eigenvalue weighted by atomic mass is 79.9. The van der Waals surface area contributed by atoms with Crippen LogP contribution >= 0.6 is 31.9 Å². The second kappa shape index (κ2) is 6.13. The molecule has 0 spiro atoms. The van der Waals surface area contributed by atoms with Crippen LogP contribution in [0.25, 0.3) is 11.0 Å². The quantitative estimate of drug-likeness (QED) is 0.746. The molecule has 22 heavy (non-hydrogen) atoms. The number of hydrogen-bond donors (Lipinski definition) is 1. The van der Waals surface area contributed by atoms with Crippen molar-refractivity contribution in [1.29, 1.82) is 0 Å². The summed E-state index contributed by atoms with van der Waals surface area (Å²) in [6.07, 6.45) is 2.31. The van der Waals surface area contributed by atoms with Crippen LogP contribution in [0.15, 0.2) is 8.95 Å². The lowest BCUT2D eigenvalue weighted by molar-refractivity contribution is 0.556. The van der Waals surface area contributed by atoms with Crippen LogP contribution in [-0.4, -0.2) is 35.7 Å². The number of aryl methyl sites for hydroxylation is 3. The van der Waals surface area contributed by atoms with Crippen molar-refractivity contribution in [3.05, 3.63) is 20.1 Å². The number of benzene rings is 1. The molecular weight excluding hydrogens is 408 g/mol. The van der Waals surface area contributed by atoms with Gasteiger partial charge in [0.15, 0.2) is 0 Å². The van der Waals surface area contributed by atoms with Crippen LogP contribution in [0, 0.1) is 6.92 Å². The maximum atomic E-state index is 5.02. The normalized spacial score (nSPS) is 17.7. The van der Waals surface area contributed by atoms with Crippen molar-refractivity contribution in [2.45, 2.75) is 33.7 Å². The molecule has 1 aromatic heterocycles. The van der Waals surface area contributed by atoms with E-state index in [1.165, 1.54) is 27.5 Å². The lowest BCUT2D eigenvalue weighted by atomic mass is 10.0. The Morgan fingerprint density at radius 3 is 2.55 bits per heavy atom. The number of nitrogens with one attached hydrogen (secondary N) is 1. The molecule has 3 heterocycles. The fourth-order valence-corrected chi connectivity index (χ4v) is 4.58. The van der Waals surface area contributed by atoms with Gasteiger partial charge in [0.05, 0.1) is 11.0 Å². The van der Waals surface area contributed by atoms with E-state index in [0.717, 1.165) is 55.1 Å². The van der Waals surface area contributed by atoms with E-state index in [1.54, 1.807) is 0 Å². The Balaban J connectivity index is 0.00000144. The van der Waals surface area contributed by atoms with Crippen LogP contribution in [0.1, 0.15) is 25.0 Å². The Morgan fingerprint density at radius 1 is 1.09 bits per heavy atom. The smallest absolute Gasteiger partial charge is 0.206 e. The molecular formula is C16H22Br2N4. The van der Waals surface area contributed by atoms with Gasteiger partial charge in [-0.1, -0.05) is 7.43 Å². The highest BCUT2D eigenvalue weighted by molar-refractivity contribution is 9.13. The fourth-order valence-electron chi connectivity index (χ4n) is 3.47. The average Bonchev–Trinajstić information content (AvgIpc) is 2.92. The van der Waals surface area contributed by atoms with E-state index in [9.17, 15) is 0 Å². The predicted molar refractivity (Wildman–Crippen MR) is 100 cm³/mol. The van der Waals surface area contributed by atoms with Crippen LogP contribution < -0.4 is 10.2 Å². The predicted octanol–water partition coefficient (Wildman–Crippen LogP) is 3.86. The van der Waals surface area contributed by atoms with E-state index in [0.29, 0.717) is 0 Å². The Hall–Kier alpha value is -0.590. The van der Waals surface area contributed by atoms with E-state index >= 15 is 0 Å². The molecule has 120 valence electrons. The van der Waals surface area contributed by atoms with Crippen LogP contribution in [0.5, 0.6) is 0 Å². The van der Waals surface area contributed by atoms with E-state index < -0.39 is 0 Å². The van der Waals surface area contributed by atoms with Crippen LogP contribution in [0.4, 0.5) is 5.95 Å². The number of piperazine rings is 1. The molecule has 0 radical (unpaired) electrons. The van der Waals surface area contributed by atoms with Crippen molar-refractivity contribution in [2.75, 3.05) is 31.1 Å². The van der Waals surface area contributed by atoms with Crippen molar-refractivity contribution in [2.24, 2.45) is 0 Å². The minimum atomic E-state index is 0. The summed E-state index contributed by atoms with van der Waals surface area (Å²) in [7, 11) is 0. The van der Waals surface area contributed by atoms with Gasteiger partial charge in [0.25, 0.3) is 0 Å². The zero-order valence-corrected chi connectivity index (χ0v) is 15.2. The largest absolute Gasteiger partial charge is 0.340 e. The summed E-state index contributed by atoms with van der Waals surface area (Å²) in [4.78, 5) is 7.44. The zero-order chi connectivity index (χ0) is 14.6. The molecule has 4 rings (SSSR count). The molecule has 0 amide bonds. The summed E-state index contributed by atoms with van der Waals surface area (Å²) < 4.78 is 4.80. The van der Waals surface area contributed by atoms with Crippen molar-refractivity contribution in [3.8, 4) is 0 Å². The number of rotatable bonds is 1. The van der Waals surface area contributed by atoms with E-state index in [1.807, 2.05) is 0 Å². The first-order valence-electron chi connectivity index (χ1n) is 7.51. The average molecular weight is 430 g/mol. The molecule has 1 saturated heterocycles. The highest BCUT2D eigenvalue weighted by Gasteiger charge is 2.26. The summed E-state index contributed by atoms with van der Waals surface area (Å²) in [6, 6.07) is 0. The summed E-state index contributed by atoms with van der Waals surface area (Å²) in [5.74, 6) is 1.15. The fraction of sp³-hybridized carbons (Fsp3) is 0.562. The number of hydrogen-bond acceptors (Lipinski definition) is 3. The monoisotopic (exact) mass is 428 g/mol. The topological polar surface area (TPSA) is 33.1 Å². The highest BCUT2D eigenvalue weighted by Crippen LogP contribution is 2.41. The van der Waals surface area contributed by atoms with Gasteiger partial charge in [-0.05, 0) is 62.8 Å². The Labute approximate surface area is 148 Å². The molecule has 6 heteroatoms. The van der Waals surface area contributed by atoms with Crippen molar-refractivity contribution < 1.29 is 0 Å². The van der Waals surface area contributed by atoms with Gasteiger partial charge in [0.1, 0.15) is 0 Å². The van der Waals surface area contributed by atoms with E-state index in [2.05, 4.69) is 53.6 Å². The Kier molecular flexibility index (Phi) is 4.54. The second-order valence-electron chi connectivity index (χ2n) is 5.83. The van der Waals surface area contributed by atoms with Crippen LogP contribution in [-0.2, 0) is 13.0 Å². The van der Waals surface area contributed by atoms with E-state index in [-0.39, 0.29) is 7.43 Å². The summed E-state index contributed by atoms with van der Waals surface area (Å²) >= 11 is 7.50. The maximum Gasteiger partial charge on any atom is 0.206 e. The first-order chi connectivity index (χ1) is 10.2. The van der Waals surface area contributed by atoms with Gasteiger partial charge in [0, 0.05) is 41.7 Å². The number of imidazole rings is 1. The molecule has 1 fully saturated rings. The first kappa shape index (κ1) is 16.3. The van der Waals surface area contributed by atoms with Crippen LogP contribution in [0.2, 0.25) is 0 Å². The summed E-state index contributed by atoms with van der Waals surface area (Å²) in [6.45, 7) is 7.41. The van der Waals surface area contributed by atoms with Gasteiger partial charge in [-0.2, -0.15) is 0 Å². The lowest BCUT2D eigenvalue weighted by Gasteiger charge is -2.29. The lowest BCUT2D eigenvalue weighted by Crippen LogP contribution is -2.44. The number of anilines is 1. The number of nitrogens with zero attached hydrogens (tertiary/aromatic N) is 3. The molecule has 0 aliphatic carbocycles. The van der Waals surface area contributed by atoms with Crippen molar-refractivity contribution in [3.63, 3.8) is 0 Å². The summed E-state index contributed by atoms with van der Waals surface area (Å²) in [5, 5.41) is 3.42. The number of halogens is 2. The molecule has 0 atom stereocenters. The third kappa shape index (κ3) is 2.31. The third-order valence-electron chi connectivity index (χ3n) is 4.58. The van der Waals surface area contributed by atoms with Gasteiger partial charge < -0.3 is 14.8 Å². The first-order valence-corrected chi connectivity index (χ1v) is 9.09. The van der Waals surface area contributed by atoms with Gasteiger partial charge in [0.2, 0.25) is 5.95 Å². The molecule has 2 aliphatic heterocycles. The molecule has 2 aliphatic rings. The number of aromatic nitrogens is 2. The van der Waals surface area contributed by atoms with E-state index in [4.69, 9.17) is 4.98 Å². The molecule has 0 unspecified atom stereocenters. The summed E-state index contributed by atoms with van der Waals surface area (Å²) in [5.41, 5.74) is 5.14. The van der Waals surface area contributed by atoms with Crippen molar-refractivity contribution >= 4 is 48.8 Å². The molecule has 4 nitrogen and oxygen atoms in total. The van der Waals surface area contributed by atoms with Crippen molar-refractivity contribution in [1.82, 2.24) is 14.9 Å². The Morgan fingerprint density at radius 2 is 1.82 bits per heavy atom. The zero-order valence-electron chi connectivity index (χ0n) is 12.0. The molecule has 2 aromatic rings. The SMILES string of the molecule is C.Cc1c(Br)c(Br)c2c3c1nc(N1CCNCC1)n3CCC2. The van der Waals surface area contributed by atoms with Gasteiger partial charge >= 0.3 is 0 Å². The molecule has 1 aromatic carbocycles. The Bertz CT molecular complexity index is 717. The molecule has 0 bridgehead atoms. The van der Waals surface area contributed by atoms with Gasteiger partial charge in [-0.3, -0.25) is 0 Å². The molecule has 0 saturated carbocycles. The maximum absolute atomic E-state index is 5.02. The third-order valence-corrected chi connectivity index (χ3v) is 6.98. The minimum absolute atomic E-state index is 0. The second-order valence-corrected chi connectivity index (χ2v) is 7.42. The van der Waals surface area contributed by atoms with Gasteiger partial charge in [-0.15, -0.1) is 0 Å². The van der Waals surface area contributed by atoms with Gasteiger partial charge in [-0.25, -0.2) is 4.98 Å². The van der Waals surface area contributed by atoms with Crippen LogP contribution in [0.3, 0.4) is 0 Å². The molecule has 1 N–H and O–H groups in total.